The topological polar surface area (TPSA) is 315 Å². The molecule has 0 aliphatic carbocycles. The van der Waals surface area contributed by atoms with Gasteiger partial charge >= 0.3 is 37.4 Å². The summed E-state index contributed by atoms with van der Waals surface area (Å²) in [5.41, 5.74) is 0. The van der Waals surface area contributed by atoms with Crippen LogP contribution in [0.3, 0.4) is 0 Å². The fraction of sp³-hybridized carbons (Fsp3) is 1.00. The summed E-state index contributed by atoms with van der Waals surface area (Å²) in [6.45, 7) is -2.44. The van der Waals surface area contributed by atoms with Gasteiger partial charge < -0.3 is 84.5 Å². The third-order valence-electron chi connectivity index (χ3n) is 7.09. The number of aliphatic hydroxyl groups excluding tert-OH is 10. The van der Waals surface area contributed by atoms with Crippen molar-refractivity contribution in [1.82, 2.24) is 0 Å². The summed E-state index contributed by atoms with van der Waals surface area (Å²) in [6, 6.07) is 0. The van der Waals surface area contributed by atoms with Crippen molar-refractivity contribution in [3.05, 3.63) is 0 Å². The Bertz CT molecular complexity index is 850. The summed E-state index contributed by atoms with van der Waals surface area (Å²) in [6.07, 6.45) is -23.4. The van der Waals surface area contributed by atoms with E-state index >= 15 is 0 Å². The van der Waals surface area contributed by atoms with Crippen LogP contribution in [0.2, 0.25) is 0 Å². The van der Waals surface area contributed by atoms with Crippen LogP contribution in [0, 0.1) is 0 Å². The Hall–Kier alpha value is 0.510. The number of phosphoric acid groups is 1. The minimum absolute atomic E-state index is 0. The van der Waals surface area contributed by atoms with Gasteiger partial charge in [0.2, 0.25) is 0 Å². The summed E-state index contributed by atoms with van der Waals surface area (Å²) in [7, 11) is -4.89. The molecule has 3 fully saturated rings. The third kappa shape index (κ3) is 9.52. The van der Waals surface area contributed by atoms with Gasteiger partial charge in [-0.3, -0.25) is 4.52 Å². The van der Waals surface area contributed by atoms with Crippen LogP contribution < -0.4 is 0 Å². The molecule has 244 valence electrons. The van der Waals surface area contributed by atoms with Gasteiger partial charge in [0.15, 0.2) is 12.6 Å². The van der Waals surface area contributed by atoms with Gasteiger partial charge in [0.05, 0.1) is 25.9 Å². The van der Waals surface area contributed by atoms with Crippen molar-refractivity contribution < 1.29 is 93.6 Å². The van der Waals surface area contributed by atoms with Gasteiger partial charge in [0, 0.05) is 6.61 Å². The number of hydrogen-bond acceptors (Lipinski definition) is 17. The molecule has 3 aliphatic rings. The Labute approximate surface area is 261 Å². The van der Waals surface area contributed by atoms with Gasteiger partial charge in [-0.1, -0.05) is 0 Å². The maximum atomic E-state index is 10.9. The van der Waals surface area contributed by atoms with E-state index in [2.05, 4.69) is 4.52 Å². The normalized spacial score (nSPS) is 44.9. The summed E-state index contributed by atoms with van der Waals surface area (Å²) in [5, 5.41) is 101. The van der Waals surface area contributed by atoms with Crippen molar-refractivity contribution in [3.63, 3.8) is 0 Å². The molecule has 0 bridgehead atoms. The Balaban J connectivity index is 0.00000616. The molecule has 15 atom stereocenters. The van der Waals surface area contributed by atoms with Crippen LogP contribution in [-0.4, -0.2) is 209 Å². The van der Waals surface area contributed by atoms with Gasteiger partial charge in [0.25, 0.3) is 0 Å². The standard InChI is InChI=1S/C21H39O19P.Na.H/c22-4-8-12(25)15(28)17(30)21(38-8)40-19-9(5-23)39-20(18(31)16(19)29)35-3-1-2-7-11(24)14(27)13(26)10(37-7)6-36-41(32,33)34;;/h7-31H,1-6H2,(H2,32,33,34);;. The van der Waals surface area contributed by atoms with Crippen molar-refractivity contribution >= 4 is 37.4 Å². The molecule has 3 rings (SSSR count). The van der Waals surface area contributed by atoms with E-state index in [0.29, 0.717) is 0 Å². The second kappa shape index (κ2) is 16.9. The van der Waals surface area contributed by atoms with Crippen LogP contribution in [0.25, 0.3) is 0 Å². The second-order valence-electron chi connectivity index (χ2n) is 9.99. The van der Waals surface area contributed by atoms with E-state index in [4.69, 9.17) is 33.5 Å². The molecule has 0 spiro atoms. The Kier molecular flexibility index (Phi) is 15.6. The van der Waals surface area contributed by atoms with Crippen molar-refractivity contribution in [1.29, 1.82) is 0 Å². The van der Waals surface area contributed by atoms with Gasteiger partial charge in [-0.2, -0.15) is 0 Å². The van der Waals surface area contributed by atoms with Crippen LogP contribution in [0.5, 0.6) is 0 Å². The Morgan fingerprint density at radius 1 is 0.619 bits per heavy atom. The average molecular weight is 650 g/mol. The zero-order chi connectivity index (χ0) is 30.6. The number of hydrogen-bond donors (Lipinski definition) is 12. The monoisotopic (exact) mass is 650 g/mol. The Morgan fingerprint density at radius 2 is 1.14 bits per heavy atom. The first-order valence-corrected chi connectivity index (χ1v) is 14.3. The van der Waals surface area contributed by atoms with Crippen LogP contribution >= 0.6 is 7.82 Å². The molecule has 3 aliphatic heterocycles. The van der Waals surface area contributed by atoms with E-state index < -0.39 is 120 Å². The molecule has 3 heterocycles. The maximum absolute atomic E-state index is 10.9. The summed E-state index contributed by atoms with van der Waals surface area (Å²) >= 11 is 0. The molecule has 0 aromatic rings. The first-order valence-electron chi connectivity index (χ1n) is 12.8. The molecule has 0 radical (unpaired) electrons. The number of rotatable bonds is 12. The molecule has 19 nitrogen and oxygen atoms in total. The van der Waals surface area contributed by atoms with E-state index in [9.17, 15) is 55.6 Å². The number of aliphatic hydroxyl groups is 10. The van der Waals surface area contributed by atoms with Crippen LogP contribution in [0.15, 0.2) is 0 Å². The molecule has 0 aromatic heterocycles. The molecule has 0 aromatic carbocycles. The molecule has 12 N–H and O–H groups in total. The van der Waals surface area contributed by atoms with Crippen molar-refractivity contribution in [2.24, 2.45) is 0 Å². The fourth-order valence-electron chi connectivity index (χ4n) is 4.75. The first-order chi connectivity index (χ1) is 19.2. The van der Waals surface area contributed by atoms with E-state index in [-0.39, 0.29) is 49.0 Å². The van der Waals surface area contributed by atoms with Crippen LogP contribution in [0.1, 0.15) is 12.8 Å². The molecular formula is C21H40NaO19P. The minimum atomic E-state index is -4.89. The molecule has 0 saturated carbocycles. The average Bonchev–Trinajstić information content (AvgIpc) is 2.93. The molecule has 0 amide bonds. The van der Waals surface area contributed by atoms with Gasteiger partial charge in [-0.25, -0.2) is 4.57 Å². The van der Waals surface area contributed by atoms with Gasteiger partial charge in [-0.15, -0.1) is 0 Å². The van der Waals surface area contributed by atoms with Crippen molar-refractivity contribution in [2.75, 3.05) is 26.4 Å². The predicted octanol–water partition coefficient (Wildman–Crippen LogP) is -7.28. The van der Waals surface area contributed by atoms with Crippen molar-refractivity contribution in [2.45, 2.75) is 105 Å². The summed E-state index contributed by atoms with van der Waals surface area (Å²) in [5.74, 6) is 0. The second-order valence-corrected chi connectivity index (χ2v) is 11.2. The third-order valence-corrected chi connectivity index (χ3v) is 7.58. The van der Waals surface area contributed by atoms with Crippen LogP contribution in [0.4, 0.5) is 0 Å². The van der Waals surface area contributed by atoms with E-state index in [0.717, 1.165) is 0 Å². The summed E-state index contributed by atoms with van der Waals surface area (Å²) < 4.78 is 42.3. The SMILES string of the molecule is O=P(O)(O)OCC1OC(CCCOC2OC(CO)C(OC3OC(CO)C(O)C(O)C3O)C(O)C2O)C(O)C(O)C1O.[NaH]. The quantitative estimate of drug-likeness (QED) is 0.0530. The van der Waals surface area contributed by atoms with Crippen LogP contribution in [-0.2, 0) is 32.8 Å². The zero-order valence-corrected chi connectivity index (χ0v) is 22.5. The number of ether oxygens (including phenoxy) is 5. The van der Waals surface area contributed by atoms with Crippen molar-refractivity contribution in [3.8, 4) is 0 Å². The van der Waals surface area contributed by atoms with E-state index in [1.807, 2.05) is 0 Å². The van der Waals surface area contributed by atoms with Gasteiger partial charge in [-0.05, 0) is 12.8 Å². The molecule has 15 unspecified atom stereocenters. The van der Waals surface area contributed by atoms with E-state index in [1.165, 1.54) is 0 Å². The number of phosphoric ester groups is 1. The fourth-order valence-corrected chi connectivity index (χ4v) is 5.09. The molecule has 3 saturated heterocycles. The zero-order valence-electron chi connectivity index (χ0n) is 21.6. The Morgan fingerprint density at radius 3 is 1.74 bits per heavy atom. The predicted molar refractivity (Wildman–Crippen MR) is 133 cm³/mol. The summed E-state index contributed by atoms with van der Waals surface area (Å²) in [4.78, 5) is 17.7. The molecule has 42 heavy (non-hydrogen) atoms. The molecular weight excluding hydrogens is 610 g/mol. The van der Waals surface area contributed by atoms with E-state index in [1.54, 1.807) is 0 Å². The molecule has 21 heteroatoms. The van der Waals surface area contributed by atoms with Gasteiger partial charge in [0.1, 0.15) is 73.2 Å². The first kappa shape index (κ1) is 38.7.